The zero-order valence-corrected chi connectivity index (χ0v) is 21.7. The third-order valence-electron chi connectivity index (χ3n) is 7.41. The lowest BCUT2D eigenvalue weighted by Gasteiger charge is -2.33. The number of phenols is 2. The van der Waals surface area contributed by atoms with Crippen molar-refractivity contribution in [1.82, 2.24) is 9.97 Å². The van der Waals surface area contributed by atoms with Gasteiger partial charge < -0.3 is 19.0 Å². The molecule has 9 heteroatoms. The Bertz CT molecular complexity index is 1790. The molecule has 0 bridgehead atoms. The van der Waals surface area contributed by atoms with E-state index in [-0.39, 0.29) is 45.4 Å². The lowest BCUT2D eigenvalue weighted by molar-refractivity contribution is -0.173. The fourth-order valence-electron chi connectivity index (χ4n) is 4.70. The van der Waals surface area contributed by atoms with Gasteiger partial charge in [-0.2, -0.15) is 13.2 Å². The topological polar surface area (TPSA) is 92.5 Å². The van der Waals surface area contributed by atoms with Crippen molar-refractivity contribution in [2.24, 2.45) is 0 Å². The van der Waals surface area contributed by atoms with E-state index >= 15 is 0 Å². The number of aromatic hydroxyl groups is 2. The Kier molecular flexibility index (Phi) is 5.65. The molecule has 0 saturated carbocycles. The first-order valence-corrected chi connectivity index (χ1v) is 12.4. The summed E-state index contributed by atoms with van der Waals surface area (Å²) in [6.45, 7) is 4.62. The molecule has 4 aromatic carbocycles. The molecule has 0 aliphatic heterocycles. The summed E-state index contributed by atoms with van der Waals surface area (Å²) in [5, 5.41) is 20.1. The average molecular weight is 545 g/mol. The van der Waals surface area contributed by atoms with Crippen LogP contribution in [0.25, 0.3) is 45.1 Å². The molecule has 0 aliphatic rings. The van der Waals surface area contributed by atoms with Crippen molar-refractivity contribution in [3.8, 4) is 34.4 Å². The lowest BCUT2D eigenvalue weighted by atomic mass is 9.75. The van der Waals surface area contributed by atoms with Crippen LogP contribution < -0.4 is 0 Å². The van der Waals surface area contributed by atoms with Crippen molar-refractivity contribution < 1.29 is 32.2 Å². The lowest BCUT2D eigenvalue weighted by Crippen LogP contribution is -2.40. The second-order valence-electron chi connectivity index (χ2n) is 10.0. The predicted molar refractivity (Wildman–Crippen MR) is 144 cm³/mol. The van der Waals surface area contributed by atoms with Crippen LogP contribution in [0.1, 0.15) is 29.2 Å². The molecule has 2 N–H and O–H groups in total. The van der Waals surface area contributed by atoms with E-state index in [0.717, 1.165) is 6.92 Å². The van der Waals surface area contributed by atoms with Crippen LogP contribution in [-0.4, -0.2) is 26.4 Å². The van der Waals surface area contributed by atoms with Crippen LogP contribution in [0, 0.1) is 13.8 Å². The SMILES string of the molecule is Cc1ccc(-c2nc3cc(C(C)(c4ccc5oc(-c6ccc(C)c(O)c6)nc5c4)C(F)(F)F)ccc3o2)cc1O. The Balaban J connectivity index is 1.44. The molecule has 0 unspecified atom stereocenters. The maximum absolute atomic E-state index is 14.8. The van der Waals surface area contributed by atoms with E-state index in [1.807, 2.05) is 0 Å². The molecule has 6 rings (SSSR count). The van der Waals surface area contributed by atoms with E-state index < -0.39 is 11.6 Å². The molecule has 0 atom stereocenters. The second-order valence-corrected chi connectivity index (χ2v) is 10.0. The molecular formula is C31H23F3N2O4. The van der Waals surface area contributed by atoms with Gasteiger partial charge in [-0.25, -0.2) is 9.97 Å². The van der Waals surface area contributed by atoms with Crippen LogP contribution >= 0.6 is 0 Å². The number of phenolic OH excluding ortho intramolecular Hbond substituents is 2. The third-order valence-corrected chi connectivity index (χ3v) is 7.41. The van der Waals surface area contributed by atoms with Gasteiger partial charge >= 0.3 is 6.18 Å². The number of benzene rings is 4. The highest BCUT2D eigenvalue weighted by molar-refractivity contribution is 5.80. The van der Waals surface area contributed by atoms with Crippen molar-refractivity contribution in [3.05, 3.63) is 95.1 Å². The van der Waals surface area contributed by atoms with Gasteiger partial charge in [0, 0.05) is 11.1 Å². The molecule has 2 heterocycles. The Labute approximate surface area is 226 Å². The maximum atomic E-state index is 14.8. The first-order valence-electron chi connectivity index (χ1n) is 12.4. The number of aryl methyl sites for hydroxylation is 2. The van der Waals surface area contributed by atoms with Crippen LogP contribution in [0.5, 0.6) is 11.5 Å². The van der Waals surface area contributed by atoms with Gasteiger partial charge in [0.25, 0.3) is 0 Å². The summed E-state index contributed by atoms with van der Waals surface area (Å²) in [7, 11) is 0. The Morgan fingerprint density at radius 2 is 1.05 bits per heavy atom. The van der Waals surface area contributed by atoms with Gasteiger partial charge in [-0.15, -0.1) is 0 Å². The van der Waals surface area contributed by atoms with Gasteiger partial charge in [0.05, 0.1) is 0 Å². The first-order chi connectivity index (χ1) is 18.9. The Morgan fingerprint density at radius 3 is 1.43 bits per heavy atom. The largest absolute Gasteiger partial charge is 0.508 e. The predicted octanol–water partition coefficient (Wildman–Crippen LogP) is 8.20. The van der Waals surface area contributed by atoms with Gasteiger partial charge in [0.15, 0.2) is 11.2 Å². The zero-order chi connectivity index (χ0) is 28.4. The first kappa shape index (κ1) is 25.5. The number of nitrogens with zero attached hydrogens (tertiary/aromatic N) is 2. The summed E-state index contributed by atoms with van der Waals surface area (Å²) in [4.78, 5) is 8.82. The minimum absolute atomic E-state index is 0.0226. The molecule has 0 aliphatic carbocycles. The molecule has 202 valence electrons. The molecule has 6 aromatic rings. The van der Waals surface area contributed by atoms with E-state index in [9.17, 15) is 23.4 Å². The minimum Gasteiger partial charge on any atom is -0.508 e. The van der Waals surface area contributed by atoms with Crippen molar-refractivity contribution in [3.63, 3.8) is 0 Å². The van der Waals surface area contributed by atoms with Crippen molar-refractivity contribution in [2.75, 3.05) is 0 Å². The fourth-order valence-corrected chi connectivity index (χ4v) is 4.70. The normalized spacial score (nSPS) is 12.4. The molecule has 2 aromatic heterocycles. The number of hydrogen-bond acceptors (Lipinski definition) is 6. The van der Waals surface area contributed by atoms with Crippen LogP contribution in [-0.2, 0) is 5.41 Å². The Hall–Kier alpha value is -4.79. The molecule has 0 amide bonds. The minimum atomic E-state index is -4.67. The number of rotatable bonds is 4. The number of alkyl halides is 3. The van der Waals surface area contributed by atoms with Crippen LogP contribution in [0.2, 0.25) is 0 Å². The van der Waals surface area contributed by atoms with Crippen LogP contribution in [0.3, 0.4) is 0 Å². The summed E-state index contributed by atoms with van der Waals surface area (Å²) in [5.74, 6) is 0.510. The van der Waals surface area contributed by atoms with E-state index in [1.54, 1.807) is 38.1 Å². The third kappa shape index (κ3) is 4.05. The van der Waals surface area contributed by atoms with E-state index in [1.165, 1.54) is 48.5 Å². The number of fused-ring (bicyclic) bond motifs is 2. The van der Waals surface area contributed by atoms with Crippen molar-refractivity contribution in [2.45, 2.75) is 32.4 Å². The summed E-state index contributed by atoms with van der Waals surface area (Å²) < 4.78 is 56.1. The van der Waals surface area contributed by atoms with Crippen molar-refractivity contribution in [1.29, 1.82) is 0 Å². The van der Waals surface area contributed by atoms with E-state index in [4.69, 9.17) is 8.83 Å². The van der Waals surface area contributed by atoms with Gasteiger partial charge in [0.2, 0.25) is 11.8 Å². The number of oxazole rings is 2. The maximum Gasteiger partial charge on any atom is 0.402 e. The number of aromatic nitrogens is 2. The van der Waals surface area contributed by atoms with E-state index in [0.29, 0.717) is 33.4 Å². The number of halogens is 3. The monoisotopic (exact) mass is 544 g/mol. The molecule has 0 fully saturated rings. The standard InChI is InChI=1S/C31H23F3N2O4/c1-16-4-6-18(12-24(16)37)28-35-22-14-20(8-10-26(22)39-28)30(3,31(32,33)34)21-9-11-27-23(15-21)36-29(40-27)19-7-5-17(2)25(38)13-19/h4-15,37-38H,1-3H3. The summed E-state index contributed by atoms with van der Waals surface area (Å²) in [6.07, 6.45) is -4.67. The summed E-state index contributed by atoms with van der Waals surface area (Å²) >= 11 is 0. The highest BCUT2D eigenvalue weighted by Crippen LogP contribution is 2.47. The van der Waals surface area contributed by atoms with Gasteiger partial charge in [-0.05, 0) is 91.6 Å². The van der Waals surface area contributed by atoms with Gasteiger partial charge in [-0.1, -0.05) is 24.3 Å². The highest BCUT2D eigenvalue weighted by atomic mass is 19.4. The molecular weight excluding hydrogens is 521 g/mol. The van der Waals surface area contributed by atoms with E-state index in [2.05, 4.69) is 9.97 Å². The molecule has 40 heavy (non-hydrogen) atoms. The smallest absolute Gasteiger partial charge is 0.402 e. The fraction of sp³-hybridized carbons (Fsp3) is 0.161. The molecule has 6 nitrogen and oxygen atoms in total. The molecule has 0 spiro atoms. The zero-order valence-electron chi connectivity index (χ0n) is 21.7. The second kappa shape index (κ2) is 8.87. The average Bonchev–Trinajstić information content (AvgIpc) is 3.54. The van der Waals surface area contributed by atoms with Gasteiger partial charge in [0.1, 0.15) is 27.9 Å². The summed E-state index contributed by atoms with van der Waals surface area (Å²) in [6, 6.07) is 18.3. The Morgan fingerprint density at radius 1 is 0.625 bits per heavy atom. The van der Waals surface area contributed by atoms with Crippen LogP contribution in [0.4, 0.5) is 13.2 Å². The number of hydrogen-bond donors (Lipinski definition) is 2. The molecule has 0 radical (unpaired) electrons. The molecule has 0 saturated heterocycles. The highest BCUT2D eigenvalue weighted by Gasteiger charge is 2.53. The quantitative estimate of drug-likeness (QED) is 0.232. The summed E-state index contributed by atoms with van der Waals surface area (Å²) in [5.41, 5.74) is 1.07. The van der Waals surface area contributed by atoms with Gasteiger partial charge in [-0.3, -0.25) is 0 Å². The van der Waals surface area contributed by atoms with Crippen LogP contribution in [0.15, 0.2) is 81.6 Å². The van der Waals surface area contributed by atoms with Crippen molar-refractivity contribution >= 4 is 22.2 Å².